The summed E-state index contributed by atoms with van der Waals surface area (Å²) in [5.74, 6) is 0.177. The number of hydrazine groups is 2. The van der Waals surface area contributed by atoms with E-state index in [0.29, 0.717) is 50.8 Å². The van der Waals surface area contributed by atoms with Gasteiger partial charge in [0.2, 0.25) is 0 Å². The highest BCUT2D eigenvalue weighted by atomic mass is 32.2. The number of nitrogens with zero attached hydrogens (tertiary/aromatic N) is 3. The molecule has 2 heterocycles. The molecule has 386 valence electrons. The van der Waals surface area contributed by atoms with Crippen molar-refractivity contribution < 1.29 is 50.7 Å². The van der Waals surface area contributed by atoms with Gasteiger partial charge in [-0.3, -0.25) is 34.2 Å². The number of nitriles is 1. The molecule has 0 radical (unpaired) electrons. The number of benzene rings is 5. The first kappa shape index (κ1) is 54.9. The van der Waals surface area contributed by atoms with Gasteiger partial charge in [0.25, 0.3) is 33.7 Å². The zero-order valence-corrected chi connectivity index (χ0v) is 44.6. The zero-order chi connectivity index (χ0) is 53.7. The Labute approximate surface area is 428 Å². The molecule has 2 aliphatic heterocycles. The van der Waals surface area contributed by atoms with E-state index in [1.165, 1.54) is 22.2 Å². The maximum absolute atomic E-state index is 13.5. The fourth-order valence-corrected chi connectivity index (χ4v) is 9.10. The number of aryl methyl sites for hydroxylation is 5. The first-order chi connectivity index (χ1) is 34.2. The lowest BCUT2D eigenvalue weighted by molar-refractivity contribution is 0.0355. The van der Waals surface area contributed by atoms with E-state index in [1.807, 2.05) is 100 Å². The topological polar surface area (TPSA) is 203 Å². The first-order valence-corrected chi connectivity index (χ1v) is 25.2. The predicted molar refractivity (Wildman–Crippen MR) is 275 cm³/mol. The monoisotopic (exact) mass is 1020 g/mol. The number of rotatable bonds is 9. The molecule has 2 aliphatic rings. The highest BCUT2D eigenvalue weighted by Crippen LogP contribution is 2.39. The minimum absolute atomic E-state index is 0.0501. The van der Waals surface area contributed by atoms with Crippen LogP contribution in [0.15, 0.2) is 89.8 Å². The Bertz CT molecular complexity index is 3040. The standard InChI is InChI=1S/C31H36N2O7S.C25H29N3O4/c1-19-8-10-25(11-9-19)41(36,37)39-18-24-17-38-27-13-12-26(22(4)28(27)40-24)29(34)32-33(31(5,6)7)30(35)23-15-20(2)14-21(3)16-23;1-15-11-16(2)13-18(12-15)24(30)28(25(4,5)6)27-23(29)20-7-8-21-22(17(20)3)32-19(9-10-26)14-31-21/h8-16,24H,17-18H2,1-7H3,(H,32,34);7-8,11-13,19H,9,14H2,1-6H3,(H,27,29)/t24-;19-/m10/s1. The first-order valence-electron chi connectivity index (χ1n) is 23.8. The summed E-state index contributed by atoms with van der Waals surface area (Å²) in [6.45, 7) is 24.2. The maximum Gasteiger partial charge on any atom is 0.297 e. The van der Waals surface area contributed by atoms with E-state index in [-0.39, 0.29) is 54.6 Å². The number of carbonyl (C=O) groups excluding carboxylic acids is 4. The molecule has 0 unspecified atom stereocenters. The van der Waals surface area contributed by atoms with Crippen LogP contribution in [0.2, 0.25) is 0 Å². The third kappa shape index (κ3) is 13.4. The average molecular weight is 1020 g/mol. The summed E-state index contributed by atoms with van der Waals surface area (Å²) >= 11 is 0. The molecule has 17 heteroatoms. The molecule has 4 amide bonds. The van der Waals surface area contributed by atoms with Crippen LogP contribution in [0.4, 0.5) is 0 Å². The van der Waals surface area contributed by atoms with Gasteiger partial charge in [0.1, 0.15) is 25.9 Å². The number of hydrogen-bond acceptors (Lipinski definition) is 12. The fourth-order valence-electron chi connectivity index (χ4n) is 8.16. The summed E-state index contributed by atoms with van der Waals surface area (Å²) in [6, 6.07) is 26.1. The lowest BCUT2D eigenvalue weighted by Crippen LogP contribution is -2.56. The maximum atomic E-state index is 13.5. The van der Waals surface area contributed by atoms with Crippen molar-refractivity contribution in [3.05, 3.63) is 146 Å². The molecule has 16 nitrogen and oxygen atoms in total. The number of nitrogens with one attached hydrogen (secondary N) is 2. The number of carbonyl (C=O) groups is 4. The summed E-state index contributed by atoms with van der Waals surface area (Å²) < 4.78 is 53.9. The van der Waals surface area contributed by atoms with Crippen molar-refractivity contribution in [3.8, 4) is 29.1 Å². The Morgan fingerprint density at radius 3 is 1.40 bits per heavy atom. The van der Waals surface area contributed by atoms with Gasteiger partial charge >= 0.3 is 0 Å². The van der Waals surface area contributed by atoms with Crippen molar-refractivity contribution in [3.63, 3.8) is 0 Å². The Kier molecular flexibility index (Phi) is 16.7. The molecule has 5 aromatic carbocycles. The summed E-state index contributed by atoms with van der Waals surface area (Å²) in [4.78, 5) is 53.6. The van der Waals surface area contributed by atoms with Gasteiger partial charge in [-0.2, -0.15) is 13.7 Å². The normalized spacial score (nSPS) is 14.9. The molecule has 0 aromatic heterocycles. The van der Waals surface area contributed by atoms with Crippen LogP contribution in [0.1, 0.15) is 128 Å². The van der Waals surface area contributed by atoms with Crippen LogP contribution >= 0.6 is 0 Å². The van der Waals surface area contributed by atoms with Crippen LogP contribution in [0.3, 0.4) is 0 Å². The van der Waals surface area contributed by atoms with E-state index in [2.05, 4.69) is 16.9 Å². The van der Waals surface area contributed by atoms with E-state index in [9.17, 15) is 27.6 Å². The smallest absolute Gasteiger partial charge is 0.297 e. The Balaban J connectivity index is 0.000000246. The van der Waals surface area contributed by atoms with Crippen LogP contribution in [0.5, 0.6) is 23.0 Å². The van der Waals surface area contributed by atoms with Crippen molar-refractivity contribution in [2.24, 2.45) is 0 Å². The van der Waals surface area contributed by atoms with Gasteiger partial charge in [0.15, 0.2) is 29.1 Å². The SMILES string of the molecule is Cc1cc(C)cc(C(=O)N(NC(=O)c2ccc3c(c2C)O[C@@H](CC#N)CO3)C(C)(C)C)c1.Cc1ccc(S(=O)(=O)OC[C@H]2COc3ccc(C(=O)NN(C(=O)c4cc(C)cc(C)c4)C(C)(C)C)c(C)c3O2)cc1. The molecule has 5 aromatic rings. The molecule has 7 rings (SSSR count). The number of amides is 4. The van der Waals surface area contributed by atoms with Gasteiger partial charge in [-0.05, 0) is 151 Å². The highest BCUT2D eigenvalue weighted by Gasteiger charge is 2.34. The van der Waals surface area contributed by atoms with Crippen molar-refractivity contribution in [1.82, 2.24) is 20.9 Å². The van der Waals surface area contributed by atoms with Gasteiger partial charge in [-0.15, -0.1) is 0 Å². The molecule has 0 saturated carbocycles. The molecule has 0 aliphatic carbocycles. The molecule has 0 bridgehead atoms. The second-order valence-corrected chi connectivity index (χ2v) is 22.0. The predicted octanol–water partition coefficient (Wildman–Crippen LogP) is 9.30. The third-order valence-corrected chi connectivity index (χ3v) is 13.1. The van der Waals surface area contributed by atoms with Crippen molar-refractivity contribution in [1.29, 1.82) is 5.26 Å². The number of hydrogen-bond donors (Lipinski definition) is 2. The zero-order valence-electron chi connectivity index (χ0n) is 43.8. The fraction of sp³-hybridized carbons (Fsp3) is 0.375. The second kappa shape index (κ2) is 22.1. The molecule has 0 saturated heterocycles. The quantitative estimate of drug-likeness (QED) is 0.105. The van der Waals surface area contributed by atoms with E-state index in [4.69, 9.17) is 28.4 Å². The van der Waals surface area contributed by atoms with Crippen LogP contribution in [-0.2, 0) is 14.3 Å². The van der Waals surface area contributed by atoms with E-state index in [0.717, 1.165) is 27.8 Å². The lowest BCUT2D eigenvalue weighted by atomic mass is 10.0. The van der Waals surface area contributed by atoms with Crippen LogP contribution in [0.25, 0.3) is 0 Å². The molecular weight excluding hydrogens is 951 g/mol. The lowest BCUT2D eigenvalue weighted by Gasteiger charge is -2.36. The molecular formula is C56H65N5O11S. The molecule has 0 fully saturated rings. The molecule has 2 atom stereocenters. The summed E-state index contributed by atoms with van der Waals surface area (Å²) in [5, 5.41) is 11.6. The molecule has 0 spiro atoms. The van der Waals surface area contributed by atoms with E-state index in [1.54, 1.807) is 62.4 Å². The number of fused-ring (bicyclic) bond motifs is 2. The Hall–Kier alpha value is -7.42. The average Bonchev–Trinajstić information content (AvgIpc) is 3.31. The summed E-state index contributed by atoms with van der Waals surface area (Å²) in [5.41, 5.74) is 11.7. The van der Waals surface area contributed by atoms with Crippen LogP contribution in [-0.4, -0.2) is 85.2 Å². The molecule has 73 heavy (non-hydrogen) atoms. The number of ether oxygens (including phenoxy) is 4. The van der Waals surface area contributed by atoms with Gasteiger partial charge < -0.3 is 18.9 Å². The van der Waals surface area contributed by atoms with Gasteiger partial charge in [0, 0.05) is 33.4 Å². The van der Waals surface area contributed by atoms with Crippen LogP contribution < -0.4 is 29.8 Å². The highest BCUT2D eigenvalue weighted by molar-refractivity contribution is 7.86. The van der Waals surface area contributed by atoms with Crippen LogP contribution in [0, 0.1) is 59.8 Å². The van der Waals surface area contributed by atoms with Crippen molar-refractivity contribution >= 4 is 33.7 Å². The van der Waals surface area contributed by atoms with Gasteiger partial charge in [0.05, 0.1) is 28.5 Å². The van der Waals surface area contributed by atoms with E-state index < -0.39 is 39.1 Å². The second-order valence-electron chi connectivity index (χ2n) is 20.4. The Morgan fingerprint density at radius 2 is 1.00 bits per heavy atom. The summed E-state index contributed by atoms with van der Waals surface area (Å²) in [7, 11) is -3.99. The largest absolute Gasteiger partial charge is 0.486 e. The van der Waals surface area contributed by atoms with Gasteiger partial charge in [-0.1, -0.05) is 52.1 Å². The Morgan fingerprint density at radius 1 is 0.603 bits per heavy atom. The summed E-state index contributed by atoms with van der Waals surface area (Å²) in [6.07, 6.45) is -0.920. The van der Waals surface area contributed by atoms with Crippen molar-refractivity contribution in [2.75, 3.05) is 19.8 Å². The minimum Gasteiger partial charge on any atom is -0.486 e. The molecule has 2 N–H and O–H groups in total. The minimum atomic E-state index is -3.99. The van der Waals surface area contributed by atoms with Crippen molar-refractivity contribution in [2.45, 2.75) is 125 Å². The van der Waals surface area contributed by atoms with Gasteiger partial charge in [-0.25, -0.2) is 10.0 Å². The third-order valence-electron chi connectivity index (χ3n) is 11.8. The van der Waals surface area contributed by atoms with E-state index >= 15 is 0 Å².